The first-order valence-electron chi connectivity index (χ1n) is 9.80. The topological polar surface area (TPSA) is 62.7 Å². The Morgan fingerprint density at radius 2 is 1.80 bits per heavy atom. The molecular formula is C22H23F2N5S. The lowest BCUT2D eigenvalue weighted by molar-refractivity contribution is 0.0129. The highest BCUT2D eigenvalue weighted by molar-refractivity contribution is 7.98. The second kappa shape index (κ2) is 8.55. The van der Waals surface area contributed by atoms with E-state index in [-0.39, 0.29) is 5.69 Å². The predicted molar refractivity (Wildman–Crippen MR) is 118 cm³/mol. The monoisotopic (exact) mass is 427 g/mol. The van der Waals surface area contributed by atoms with Gasteiger partial charge in [0.15, 0.2) is 5.82 Å². The number of pyridine rings is 1. The summed E-state index contributed by atoms with van der Waals surface area (Å²) in [7, 11) is 0. The molecule has 1 saturated carbocycles. The van der Waals surface area contributed by atoms with Crippen LogP contribution in [0.15, 0.2) is 53.4 Å². The van der Waals surface area contributed by atoms with Crippen molar-refractivity contribution in [2.24, 2.45) is 5.92 Å². The lowest BCUT2D eigenvalue weighted by atomic mass is 10.2. The Bertz CT molecular complexity index is 1030. The predicted octanol–water partition coefficient (Wildman–Crippen LogP) is 5.94. The first-order chi connectivity index (χ1) is 14.4. The first kappa shape index (κ1) is 20.5. The van der Waals surface area contributed by atoms with Crippen molar-refractivity contribution in [1.82, 2.24) is 15.0 Å². The molecule has 30 heavy (non-hydrogen) atoms. The molecule has 3 aromatic rings. The Kier molecular flexibility index (Phi) is 5.85. The molecule has 156 valence electrons. The number of hydrogen-bond acceptors (Lipinski definition) is 6. The van der Waals surface area contributed by atoms with Crippen molar-refractivity contribution in [2.75, 3.05) is 23.4 Å². The summed E-state index contributed by atoms with van der Waals surface area (Å²) in [4.78, 5) is 14.3. The zero-order valence-corrected chi connectivity index (χ0v) is 17.6. The molecule has 1 aromatic carbocycles. The molecule has 0 bridgehead atoms. The molecule has 2 heterocycles. The van der Waals surface area contributed by atoms with Crippen LogP contribution in [0.5, 0.6) is 0 Å². The largest absolute Gasteiger partial charge is 0.370 e. The van der Waals surface area contributed by atoms with Gasteiger partial charge in [0.25, 0.3) is 5.92 Å². The Balaban J connectivity index is 1.68. The van der Waals surface area contributed by atoms with Crippen LogP contribution in [0.2, 0.25) is 0 Å². The molecule has 0 unspecified atom stereocenters. The van der Waals surface area contributed by atoms with Crippen molar-refractivity contribution in [3.8, 4) is 11.5 Å². The Hall–Kier alpha value is -2.74. The number of thioether (sulfide) groups is 1. The van der Waals surface area contributed by atoms with Gasteiger partial charge in [-0.25, -0.2) is 15.0 Å². The second-order valence-corrected chi connectivity index (χ2v) is 8.32. The van der Waals surface area contributed by atoms with E-state index in [4.69, 9.17) is 0 Å². The van der Waals surface area contributed by atoms with Gasteiger partial charge in [-0.1, -0.05) is 12.1 Å². The molecule has 2 N–H and O–H groups in total. The van der Waals surface area contributed by atoms with Gasteiger partial charge in [0, 0.05) is 30.1 Å². The van der Waals surface area contributed by atoms with Gasteiger partial charge in [-0.05, 0) is 55.3 Å². The van der Waals surface area contributed by atoms with Crippen LogP contribution in [0, 0.1) is 5.92 Å². The Morgan fingerprint density at radius 1 is 1.03 bits per heavy atom. The highest BCUT2D eigenvalue weighted by Gasteiger charge is 2.27. The van der Waals surface area contributed by atoms with E-state index in [0.29, 0.717) is 29.1 Å². The summed E-state index contributed by atoms with van der Waals surface area (Å²) in [5, 5.41) is 6.64. The van der Waals surface area contributed by atoms with Crippen molar-refractivity contribution in [3.63, 3.8) is 0 Å². The van der Waals surface area contributed by atoms with Crippen molar-refractivity contribution < 1.29 is 8.78 Å². The lowest BCUT2D eigenvalue weighted by Crippen LogP contribution is -2.11. The summed E-state index contributed by atoms with van der Waals surface area (Å²) in [5.41, 5.74) is 0.897. The summed E-state index contributed by atoms with van der Waals surface area (Å²) in [6.07, 6.45) is 4.45. The van der Waals surface area contributed by atoms with E-state index >= 15 is 0 Å². The van der Waals surface area contributed by atoms with Crippen molar-refractivity contribution in [1.29, 1.82) is 0 Å². The van der Waals surface area contributed by atoms with Gasteiger partial charge in [0.2, 0.25) is 0 Å². The van der Waals surface area contributed by atoms with Gasteiger partial charge in [-0.15, -0.1) is 11.8 Å². The van der Waals surface area contributed by atoms with Crippen LogP contribution in [0.4, 0.5) is 26.1 Å². The number of rotatable bonds is 8. The number of nitrogens with zero attached hydrogens (tertiary/aromatic N) is 3. The maximum Gasteiger partial charge on any atom is 0.286 e. The molecule has 0 spiro atoms. The highest BCUT2D eigenvalue weighted by Crippen LogP contribution is 2.31. The van der Waals surface area contributed by atoms with Crippen LogP contribution >= 0.6 is 11.8 Å². The summed E-state index contributed by atoms with van der Waals surface area (Å²) in [6, 6.07) is 14.3. The minimum Gasteiger partial charge on any atom is -0.370 e. The SMILES string of the molecule is CSc1cccc(Nc2cc(NCC3CC3)nc(-c3cccc(C(C)(F)F)n3)n2)c1. The zero-order valence-electron chi connectivity index (χ0n) is 16.8. The van der Waals surface area contributed by atoms with Gasteiger partial charge < -0.3 is 10.6 Å². The van der Waals surface area contributed by atoms with Crippen LogP contribution in [-0.2, 0) is 5.92 Å². The van der Waals surface area contributed by atoms with Crippen LogP contribution < -0.4 is 10.6 Å². The minimum absolute atomic E-state index is 0.297. The van der Waals surface area contributed by atoms with E-state index in [1.54, 1.807) is 23.9 Å². The van der Waals surface area contributed by atoms with Crippen molar-refractivity contribution in [2.45, 2.75) is 30.6 Å². The fraction of sp³-hybridized carbons (Fsp3) is 0.318. The Morgan fingerprint density at radius 3 is 2.53 bits per heavy atom. The Labute approximate surface area is 178 Å². The summed E-state index contributed by atoms with van der Waals surface area (Å²) < 4.78 is 27.5. The number of anilines is 3. The van der Waals surface area contributed by atoms with E-state index in [0.717, 1.165) is 24.1 Å². The molecule has 0 radical (unpaired) electrons. The minimum atomic E-state index is -3.03. The van der Waals surface area contributed by atoms with E-state index < -0.39 is 5.92 Å². The highest BCUT2D eigenvalue weighted by atomic mass is 32.2. The molecule has 5 nitrogen and oxygen atoms in total. The molecule has 0 aliphatic heterocycles. The van der Waals surface area contributed by atoms with Gasteiger partial charge in [-0.2, -0.15) is 8.78 Å². The molecule has 0 atom stereocenters. The lowest BCUT2D eigenvalue weighted by Gasteiger charge is -2.13. The maximum absolute atomic E-state index is 13.8. The smallest absolute Gasteiger partial charge is 0.286 e. The molecule has 2 aromatic heterocycles. The molecule has 1 aliphatic carbocycles. The van der Waals surface area contributed by atoms with E-state index in [1.807, 2.05) is 36.6 Å². The number of benzene rings is 1. The van der Waals surface area contributed by atoms with Crippen LogP contribution in [0.1, 0.15) is 25.5 Å². The van der Waals surface area contributed by atoms with Gasteiger partial charge in [0.1, 0.15) is 23.0 Å². The van der Waals surface area contributed by atoms with Crippen molar-refractivity contribution >= 4 is 29.1 Å². The quantitative estimate of drug-likeness (QED) is 0.434. The fourth-order valence-corrected chi connectivity index (χ4v) is 3.40. The van der Waals surface area contributed by atoms with Gasteiger partial charge >= 0.3 is 0 Å². The second-order valence-electron chi connectivity index (χ2n) is 7.44. The third kappa shape index (κ3) is 5.24. The van der Waals surface area contributed by atoms with E-state index in [1.165, 1.54) is 18.9 Å². The fourth-order valence-electron chi connectivity index (χ4n) is 2.94. The summed E-state index contributed by atoms with van der Waals surface area (Å²) in [5.74, 6) is -0.849. The number of nitrogens with one attached hydrogen (secondary N) is 2. The molecule has 4 rings (SSSR count). The zero-order chi connectivity index (χ0) is 21.1. The molecule has 0 saturated heterocycles. The van der Waals surface area contributed by atoms with Crippen LogP contribution in [0.3, 0.4) is 0 Å². The molecule has 1 aliphatic rings. The number of aromatic nitrogens is 3. The van der Waals surface area contributed by atoms with Crippen LogP contribution in [-0.4, -0.2) is 27.8 Å². The van der Waals surface area contributed by atoms with Gasteiger partial charge in [-0.3, -0.25) is 0 Å². The normalized spacial score (nSPS) is 13.9. The molecule has 1 fully saturated rings. The average molecular weight is 428 g/mol. The molecular weight excluding hydrogens is 404 g/mol. The maximum atomic E-state index is 13.8. The number of halogens is 2. The molecule has 0 amide bonds. The standard InChI is InChI=1S/C22H23F2N5S/c1-22(23,24)18-8-4-7-17(27-18)21-28-19(25-13-14-9-10-14)12-20(29-21)26-15-5-3-6-16(11-15)30-2/h3-8,11-12,14H,9-10,13H2,1-2H3,(H2,25,26,28,29). The number of hydrogen-bond donors (Lipinski definition) is 2. The average Bonchev–Trinajstić information content (AvgIpc) is 3.56. The van der Waals surface area contributed by atoms with E-state index in [9.17, 15) is 8.78 Å². The van der Waals surface area contributed by atoms with E-state index in [2.05, 4.69) is 25.6 Å². The summed E-state index contributed by atoms with van der Waals surface area (Å²) in [6.45, 7) is 1.66. The van der Waals surface area contributed by atoms with Crippen molar-refractivity contribution in [3.05, 3.63) is 54.2 Å². The third-order valence-electron chi connectivity index (χ3n) is 4.77. The van der Waals surface area contributed by atoms with Crippen LogP contribution in [0.25, 0.3) is 11.5 Å². The first-order valence-corrected chi connectivity index (χ1v) is 11.0. The molecule has 8 heteroatoms. The number of alkyl halides is 2. The third-order valence-corrected chi connectivity index (χ3v) is 5.49. The summed E-state index contributed by atoms with van der Waals surface area (Å²) >= 11 is 1.65. The van der Waals surface area contributed by atoms with Gasteiger partial charge in [0.05, 0.1) is 0 Å².